The molecule has 2 aliphatic heterocycles. The van der Waals surface area contributed by atoms with Crippen LogP contribution in [0.4, 0.5) is 0 Å². The van der Waals surface area contributed by atoms with E-state index in [0.717, 1.165) is 26.4 Å². The third-order valence-electron chi connectivity index (χ3n) is 2.15. The summed E-state index contributed by atoms with van der Waals surface area (Å²) in [4.78, 5) is 0. The Morgan fingerprint density at radius 3 is 0.857 bits per heavy atom. The summed E-state index contributed by atoms with van der Waals surface area (Å²) in [6.45, 7) is 8.00. The van der Waals surface area contributed by atoms with Gasteiger partial charge in [-0.25, -0.2) is 0 Å². The van der Waals surface area contributed by atoms with E-state index in [9.17, 15) is 0 Å². The van der Waals surface area contributed by atoms with Crippen LogP contribution in [-0.4, -0.2) is 26.4 Å². The molecule has 2 nitrogen and oxygen atoms in total. The number of rotatable bonds is 0. The Kier molecular flexibility index (Phi) is 12.8. The highest BCUT2D eigenvalue weighted by atomic mass is 16.5. The fourth-order valence-corrected chi connectivity index (χ4v) is 1.37. The molecule has 86 valence electrons. The maximum atomic E-state index is 5.07. The average molecular weight is 202 g/mol. The molecule has 2 aliphatic rings. The van der Waals surface area contributed by atoms with E-state index in [1.54, 1.807) is 0 Å². The van der Waals surface area contributed by atoms with Crippen LogP contribution in [-0.2, 0) is 9.47 Å². The molecule has 0 N–H and O–H groups in total. The molecule has 0 atom stereocenters. The summed E-state index contributed by atoms with van der Waals surface area (Å²) in [5, 5.41) is 0. The molecule has 2 saturated heterocycles. The lowest BCUT2D eigenvalue weighted by Gasteiger charge is -2.08. The van der Waals surface area contributed by atoms with Gasteiger partial charge in [0.05, 0.1) is 0 Å². The first kappa shape index (κ1) is 13.9. The Bertz CT molecular complexity index is 51.3. The zero-order valence-electron chi connectivity index (χ0n) is 9.89. The second-order valence-corrected chi connectivity index (χ2v) is 3.35. The van der Waals surface area contributed by atoms with Gasteiger partial charge in [0, 0.05) is 26.4 Å². The minimum absolute atomic E-state index is 1.00. The highest BCUT2D eigenvalue weighted by Crippen LogP contribution is 2.02. The molecule has 2 fully saturated rings. The maximum Gasteiger partial charge on any atom is 0.0466 e. The molecular weight excluding hydrogens is 176 g/mol. The number of hydrogen-bond donors (Lipinski definition) is 0. The second kappa shape index (κ2) is 12.9. The van der Waals surface area contributed by atoms with Gasteiger partial charge in [-0.3, -0.25) is 0 Å². The predicted molar refractivity (Wildman–Crippen MR) is 60.7 cm³/mol. The van der Waals surface area contributed by atoms with Crippen LogP contribution in [0.3, 0.4) is 0 Å². The summed E-state index contributed by atoms with van der Waals surface area (Å²) < 4.78 is 10.1. The lowest BCUT2D eigenvalue weighted by molar-refractivity contribution is 0.0967. The van der Waals surface area contributed by atoms with Crippen LogP contribution in [0.25, 0.3) is 0 Å². The molecule has 2 rings (SSSR count). The van der Waals surface area contributed by atoms with Crippen molar-refractivity contribution in [2.45, 2.75) is 52.4 Å². The van der Waals surface area contributed by atoms with Crippen LogP contribution in [0.1, 0.15) is 52.4 Å². The second-order valence-electron chi connectivity index (χ2n) is 3.35. The Balaban J connectivity index is 0.000000206. The summed E-state index contributed by atoms with van der Waals surface area (Å²) in [6.07, 6.45) is 7.86. The lowest BCUT2D eigenvalue weighted by Crippen LogP contribution is -2.03. The van der Waals surface area contributed by atoms with E-state index in [1.807, 2.05) is 13.8 Å². The maximum absolute atomic E-state index is 5.07. The van der Waals surface area contributed by atoms with Crippen molar-refractivity contribution < 1.29 is 9.47 Å². The Morgan fingerprint density at radius 1 is 0.500 bits per heavy atom. The number of hydrogen-bond acceptors (Lipinski definition) is 2. The van der Waals surface area contributed by atoms with Crippen molar-refractivity contribution in [3.63, 3.8) is 0 Å². The van der Waals surface area contributed by atoms with Gasteiger partial charge in [0.2, 0.25) is 0 Å². The molecule has 0 unspecified atom stereocenters. The third-order valence-corrected chi connectivity index (χ3v) is 2.15. The Hall–Kier alpha value is -0.0800. The molecular formula is C12H26O2. The average Bonchev–Trinajstić information content (AvgIpc) is 2.37. The molecule has 0 radical (unpaired) electrons. The van der Waals surface area contributed by atoms with Crippen molar-refractivity contribution in [3.8, 4) is 0 Å². The van der Waals surface area contributed by atoms with Crippen LogP contribution >= 0.6 is 0 Å². The van der Waals surface area contributed by atoms with Crippen molar-refractivity contribution in [2.24, 2.45) is 0 Å². The predicted octanol–water partition coefficient (Wildman–Crippen LogP) is 3.40. The summed E-state index contributed by atoms with van der Waals surface area (Å²) in [6, 6.07) is 0. The topological polar surface area (TPSA) is 18.5 Å². The van der Waals surface area contributed by atoms with E-state index >= 15 is 0 Å². The van der Waals surface area contributed by atoms with Crippen molar-refractivity contribution in [1.82, 2.24) is 0 Å². The minimum Gasteiger partial charge on any atom is -0.381 e. The molecule has 0 aromatic rings. The molecule has 0 bridgehead atoms. The summed E-state index contributed by atoms with van der Waals surface area (Å²) in [5.74, 6) is 0. The summed E-state index contributed by atoms with van der Waals surface area (Å²) >= 11 is 0. The SMILES string of the molecule is C1CCOCC1.C1CCOCC1.CC. The van der Waals surface area contributed by atoms with Crippen molar-refractivity contribution >= 4 is 0 Å². The number of ether oxygens (including phenoxy) is 2. The van der Waals surface area contributed by atoms with Gasteiger partial charge in [0.25, 0.3) is 0 Å². The fourth-order valence-electron chi connectivity index (χ4n) is 1.37. The van der Waals surface area contributed by atoms with Gasteiger partial charge in [-0.2, -0.15) is 0 Å². The first-order chi connectivity index (χ1) is 7.00. The standard InChI is InChI=1S/2C5H10O.C2H6/c2*1-2-4-6-5-3-1;1-2/h2*1-5H2;1-2H3. The first-order valence-corrected chi connectivity index (χ1v) is 6.15. The first-order valence-electron chi connectivity index (χ1n) is 6.15. The van der Waals surface area contributed by atoms with Crippen molar-refractivity contribution in [3.05, 3.63) is 0 Å². The normalized spacial score (nSPS) is 21.0. The fraction of sp³-hybridized carbons (Fsp3) is 1.00. The van der Waals surface area contributed by atoms with Gasteiger partial charge < -0.3 is 9.47 Å². The third kappa shape index (κ3) is 10.0. The molecule has 0 spiro atoms. The van der Waals surface area contributed by atoms with Crippen LogP contribution < -0.4 is 0 Å². The van der Waals surface area contributed by atoms with E-state index in [4.69, 9.17) is 9.47 Å². The summed E-state index contributed by atoms with van der Waals surface area (Å²) in [5.41, 5.74) is 0. The largest absolute Gasteiger partial charge is 0.381 e. The molecule has 14 heavy (non-hydrogen) atoms. The molecule has 0 aromatic carbocycles. The lowest BCUT2D eigenvalue weighted by atomic mass is 10.2. The van der Waals surface area contributed by atoms with Crippen LogP contribution in [0, 0.1) is 0 Å². The van der Waals surface area contributed by atoms with E-state index in [2.05, 4.69) is 0 Å². The van der Waals surface area contributed by atoms with Gasteiger partial charge in [-0.1, -0.05) is 13.8 Å². The molecule has 0 aliphatic carbocycles. The van der Waals surface area contributed by atoms with E-state index in [-0.39, 0.29) is 0 Å². The zero-order valence-corrected chi connectivity index (χ0v) is 9.89. The van der Waals surface area contributed by atoms with Crippen molar-refractivity contribution in [1.29, 1.82) is 0 Å². The zero-order chi connectivity index (χ0) is 10.5. The Labute approximate surface area is 89.0 Å². The van der Waals surface area contributed by atoms with Gasteiger partial charge >= 0.3 is 0 Å². The quantitative estimate of drug-likeness (QED) is 0.599. The van der Waals surface area contributed by atoms with Gasteiger partial charge in [-0.05, 0) is 38.5 Å². The highest BCUT2D eigenvalue weighted by Gasteiger charge is 1.95. The van der Waals surface area contributed by atoms with Crippen LogP contribution in [0.15, 0.2) is 0 Å². The van der Waals surface area contributed by atoms with E-state index in [0.29, 0.717) is 0 Å². The van der Waals surface area contributed by atoms with Gasteiger partial charge in [0.1, 0.15) is 0 Å². The molecule has 0 aromatic heterocycles. The van der Waals surface area contributed by atoms with Gasteiger partial charge in [-0.15, -0.1) is 0 Å². The van der Waals surface area contributed by atoms with Crippen molar-refractivity contribution in [2.75, 3.05) is 26.4 Å². The Morgan fingerprint density at radius 2 is 0.786 bits per heavy atom. The van der Waals surface area contributed by atoms with Gasteiger partial charge in [0.15, 0.2) is 0 Å². The highest BCUT2D eigenvalue weighted by molar-refractivity contribution is 4.45. The smallest absolute Gasteiger partial charge is 0.0466 e. The molecule has 2 heteroatoms. The van der Waals surface area contributed by atoms with E-state index < -0.39 is 0 Å². The monoisotopic (exact) mass is 202 g/mol. The molecule has 0 amide bonds. The van der Waals surface area contributed by atoms with Crippen LogP contribution in [0.5, 0.6) is 0 Å². The summed E-state index contributed by atoms with van der Waals surface area (Å²) in [7, 11) is 0. The molecule has 0 saturated carbocycles. The molecule has 2 heterocycles. The minimum atomic E-state index is 1.00. The van der Waals surface area contributed by atoms with E-state index in [1.165, 1.54) is 38.5 Å². The van der Waals surface area contributed by atoms with Crippen LogP contribution in [0.2, 0.25) is 0 Å².